The maximum absolute atomic E-state index is 3.30. The van der Waals surface area contributed by atoms with Crippen LogP contribution in [0.5, 0.6) is 0 Å². The summed E-state index contributed by atoms with van der Waals surface area (Å²) in [4.78, 5) is 0. The third-order valence-corrected chi connectivity index (χ3v) is 2.67. The Bertz CT molecular complexity index is 271. The van der Waals surface area contributed by atoms with Crippen LogP contribution in [-0.2, 0) is 11.8 Å². The fraction of sp³-hybridized carbons (Fsp3) is 0.455. The minimum atomic E-state index is 0.396. The molecule has 1 aliphatic rings. The first-order valence-electron chi connectivity index (χ1n) is 4.20. The highest BCUT2D eigenvalue weighted by Crippen LogP contribution is 2.37. The molecule has 1 aromatic rings. The Kier molecular flexibility index (Phi) is 1.32. The third-order valence-electron chi connectivity index (χ3n) is 2.67. The van der Waals surface area contributed by atoms with Crippen molar-refractivity contribution in [3.63, 3.8) is 0 Å². The Morgan fingerprint density at radius 2 is 2.27 bits per heavy atom. The van der Waals surface area contributed by atoms with Crippen molar-refractivity contribution >= 4 is 0 Å². The Labute approximate surface area is 68.3 Å². The molecule has 0 aromatic heterocycles. The first-order valence-corrected chi connectivity index (χ1v) is 4.20. The summed E-state index contributed by atoms with van der Waals surface area (Å²) in [6, 6.07) is 9.64. The third kappa shape index (κ3) is 0.973. The van der Waals surface area contributed by atoms with Gasteiger partial charge < -0.3 is 0 Å². The van der Waals surface area contributed by atoms with Gasteiger partial charge in [-0.3, -0.25) is 0 Å². The molecule has 0 N–H and O–H groups in total. The van der Waals surface area contributed by atoms with Crippen LogP contribution in [0.2, 0.25) is 0 Å². The number of fused-ring (bicyclic) bond motifs is 1. The van der Waals surface area contributed by atoms with Gasteiger partial charge in [-0.2, -0.15) is 0 Å². The van der Waals surface area contributed by atoms with E-state index in [4.69, 9.17) is 0 Å². The van der Waals surface area contributed by atoms with Gasteiger partial charge in [0, 0.05) is 0 Å². The molecule has 1 radical (unpaired) electrons. The van der Waals surface area contributed by atoms with Gasteiger partial charge in [0.2, 0.25) is 0 Å². The van der Waals surface area contributed by atoms with E-state index in [2.05, 4.69) is 32.0 Å². The fourth-order valence-electron chi connectivity index (χ4n) is 1.88. The van der Waals surface area contributed by atoms with Gasteiger partial charge in [-0.1, -0.05) is 32.0 Å². The van der Waals surface area contributed by atoms with E-state index in [1.807, 2.05) is 6.07 Å². The maximum Gasteiger partial charge on any atom is -0.00974 e. The van der Waals surface area contributed by atoms with Crippen LogP contribution in [0.4, 0.5) is 0 Å². The zero-order valence-electron chi connectivity index (χ0n) is 7.15. The molecule has 0 heterocycles. The van der Waals surface area contributed by atoms with Gasteiger partial charge in [-0.15, -0.1) is 0 Å². The maximum atomic E-state index is 3.30. The summed E-state index contributed by atoms with van der Waals surface area (Å²) >= 11 is 0. The Morgan fingerprint density at radius 1 is 1.45 bits per heavy atom. The summed E-state index contributed by atoms with van der Waals surface area (Å²) in [5.41, 5.74) is 3.32. The molecule has 57 valence electrons. The molecule has 0 amide bonds. The smallest absolute Gasteiger partial charge is 0.00974 e. The average Bonchev–Trinajstić information content (AvgIpc) is 2.29. The van der Waals surface area contributed by atoms with Crippen LogP contribution in [0.15, 0.2) is 18.2 Å². The van der Waals surface area contributed by atoms with Crippen LogP contribution < -0.4 is 0 Å². The van der Waals surface area contributed by atoms with Gasteiger partial charge in [-0.25, -0.2) is 0 Å². The molecule has 0 saturated heterocycles. The standard InChI is InChI=1S/C11H13/c1-11(2)8-7-9-5-3-4-6-10(9)11/h3-4,6H,7-8H2,1-2H3. The van der Waals surface area contributed by atoms with Crippen molar-refractivity contribution in [3.8, 4) is 0 Å². The highest BCUT2D eigenvalue weighted by Gasteiger charge is 2.28. The van der Waals surface area contributed by atoms with Crippen LogP contribution in [0.25, 0.3) is 0 Å². The van der Waals surface area contributed by atoms with E-state index in [1.54, 1.807) is 0 Å². The highest BCUT2D eigenvalue weighted by atomic mass is 14.3. The van der Waals surface area contributed by atoms with E-state index >= 15 is 0 Å². The molecule has 2 rings (SSSR count). The van der Waals surface area contributed by atoms with E-state index in [1.165, 1.54) is 24.0 Å². The monoisotopic (exact) mass is 145 g/mol. The lowest BCUT2D eigenvalue weighted by Gasteiger charge is -2.17. The van der Waals surface area contributed by atoms with E-state index in [0.29, 0.717) is 5.41 Å². The molecule has 0 spiro atoms. The second-order valence-corrected chi connectivity index (χ2v) is 3.95. The van der Waals surface area contributed by atoms with Gasteiger partial charge in [0.15, 0.2) is 0 Å². The lowest BCUT2D eigenvalue weighted by atomic mass is 9.87. The van der Waals surface area contributed by atoms with E-state index < -0.39 is 0 Å². The van der Waals surface area contributed by atoms with Crippen LogP contribution in [0, 0.1) is 6.07 Å². The SMILES string of the molecule is CC1(C)CCc2[c]cccc21. The van der Waals surface area contributed by atoms with Crippen LogP contribution in [0.1, 0.15) is 31.4 Å². The summed E-state index contributed by atoms with van der Waals surface area (Å²) in [6.45, 7) is 4.62. The van der Waals surface area contributed by atoms with Crippen LogP contribution >= 0.6 is 0 Å². The van der Waals surface area contributed by atoms with Crippen molar-refractivity contribution in [1.29, 1.82) is 0 Å². The van der Waals surface area contributed by atoms with E-state index in [-0.39, 0.29) is 0 Å². The molecule has 0 bridgehead atoms. The largest absolute Gasteiger partial charge is 0.0613 e. The molecule has 1 aromatic carbocycles. The number of hydrogen-bond donors (Lipinski definition) is 0. The number of rotatable bonds is 0. The second kappa shape index (κ2) is 2.10. The quantitative estimate of drug-likeness (QED) is 0.526. The zero-order chi connectivity index (χ0) is 7.90. The van der Waals surface area contributed by atoms with Gasteiger partial charge in [0.05, 0.1) is 0 Å². The van der Waals surface area contributed by atoms with E-state index in [9.17, 15) is 0 Å². The normalized spacial score (nSPS) is 19.8. The first kappa shape index (κ1) is 6.90. The minimum Gasteiger partial charge on any atom is -0.0613 e. The molecule has 0 atom stereocenters. The van der Waals surface area contributed by atoms with Gasteiger partial charge in [-0.05, 0) is 35.4 Å². The molecule has 0 saturated carbocycles. The van der Waals surface area contributed by atoms with Crippen molar-refractivity contribution < 1.29 is 0 Å². The molecular formula is C11H13. The van der Waals surface area contributed by atoms with Crippen molar-refractivity contribution in [2.24, 2.45) is 0 Å². The van der Waals surface area contributed by atoms with Crippen LogP contribution in [-0.4, -0.2) is 0 Å². The summed E-state index contributed by atoms with van der Waals surface area (Å²) in [6.07, 6.45) is 2.49. The summed E-state index contributed by atoms with van der Waals surface area (Å²) in [5, 5.41) is 0. The minimum absolute atomic E-state index is 0.396. The lowest BCUT2D eigenvalue weighted by molar-refractivity contribution is 0.522. The molecule has 0 fully saturated rings. The predicted molar refractivity (Wildman–Crippen MR) is 46.6 cm³/mol. The zero-order valence-corrected chi connectivity index (χ0v) is 7.15. The van der Waals surface area contributed by atoms with Crippen LogP contribution in [0.3, 0.4) is 0 Å². The highest BCUT2D eigenvalue weighted by molar-refractivity contribution is 5.36. The van der Waals surface area contributed by atoms with Gasteiger partial charge >= 0.3 is 0 Å². The number of benzene rings is 1. The molecule has 0 unspecified atom stereocenters. The number of aryl methyl sites for hydroxylation is 1. The molecule has 0 nitrogen and oxygen atoms in total. The topological polar surface area (TPSA) is 0 Å². The predicted octanol–water partition coefficient (Wildman–Crippen LogP) is 2.71. The summed E-state index contributed by atoms with van der Waals surface area (Å²) in [5.74, 6) is 0. The molecule has 0 heteroatoms. The fourth-order valence-corrected chi connectivity index (χ4v) is 1.88. The van der Waals surface area contributed by atoms with Gasteiger partial charge in [0.25, 0.3) is 0 Å². The second-order valence-electron chi connectivity index (χ2n) is 3.95. The number of hydrogen-bond acceptors (Lipinski definition) is 0. The van der Waals surface area contributed by atoms with Gasteiger partial charge in [0.1, 0.15) is 0 Å². The van der Waals surface area contributed by atoms with Crippen molar-refractivity contribution in [2.45, 2.75) is 32.1 Å². The first-order chi connectivity index (χ1) is 5.20. The summed E-state index contributed by atoms with van der Waals surface area (Å²) in [7, 11) is 0. The molecule has 0 aliphatic heterocycles. The van der Waals surface area contributed by atoms with E-state index in [0.717, 1.165) is 0 Å². The molecule has 1 aliphatic carbocycles. The Hall–Kier alpha value is -0.780. The Morgan fingerprint density at radius 3 is 3.00 bits per heavy atom. The molecule has 11 heavy (non-hydrogen) atoms. The molecular weight excluding hydrogens is 132 g/mol. The lowest BCUT2D eigenvalue weighted by Crippen LogP contribution is -2.11. The summed E-state index contributed by atoms with van der Waals surface area (Å²) < 4.78 is 0. The van der Waals surface area contributed by atoms with Crippen molar-refractivity contribution in [1.82, 2.24) is 0 Å². The Balaban J connectivity index is 2.56. The average molecular weight is 145 g/mol. The van der Waals surface area contributed by atoms with Crippen molar-refractivity contribution in [3.05, 3.63) is 35.4 Å². The van der Waals surface area contributed by atoms with Crippen molar-refractivity contribution in [2.75, 3.05) is 0 Å².